The normalized spacial score (nSPS) is 18.3. The van der Waals surface area contributed by atoms with E-state index in [1.807, 2.05) is 33.8 Å². The summed E-state index contributed by atoms with van der Waals surface area (Å²) in [6.07, 6.45) is 4.08. The molecule has 0 saturated heterocycles. The second-order valence-corrected chi connectivity index (χ2v) is 9.21. The van der Waals surface area contributed by atoms with E-state index >= 15 is 0 Å². The van der Waals surface area contributed by atoms with Gasteiger partial charge >= 0.3 is 5.97 Å². The van der Waals surface area contributed by atoms with Crippen molar-refractivity contribution in [3.8, 4) is 11.8 Å². The Bertz CT molecular complexity index is 843. The zero-order chi connectivity index (χ0) is 25.4. The molecule has 0 bridgehead atoms. The van der Waals surface area contributed by atoms with Crippen molar-refractivity contribution in [1.29, 1.82) is 5.26 Å². The second-order valence-electron chi connectivity index (χ2n) is 7.17. The molecule has 1 N–H and O–H groups in total. The number of hydrogen-bond acceptors (Lipinski definition) is 4. The van der Waals surface area contributed by atoms with Crippen molar-refractivity contribution in [2.24, 2.45) is 17.8 Å². The quantitative estimate of drug-likeness (QED) is 0.418. The summed E-state index contributed by atoms with van der Waals surface area (Å²) >= 11 is 13.2. The van der Waals surface area contributed by atoms with Crippen molar-refractivity contribution in [1.82, 2.24) is 0 Å². The van der Waals surface area contributed by atoms with Gasteiger partial charge in [0.2, 0.25) is 0 Å². The van der Waals surface area contributed by atoms with Crippen molar-refractivity contribution in [3.63, 3.8) is 0 Å². The number of benzene rings is 1. The fourth-order valence-electron chi connectivity index (χ4n) is 3.35. The van der Waals surface area contributed by atoms with E-state index in [1.165, 1.54) is 11.3 Å². The first-order chi connectivity index (χ1) is 15.8. The number of aromatic carboxylic acids is 1. The van der Waals surface area contributed by atoms with E-state index in [0.717, 1.165) is 30.6 Å². The number of halogens is 2. The number of rotatable bonds is 6. The average molecular weight is 515 g/mol. The number of hydrogen-bond donors (Lipinski definition) is 1. The van der Waals surface area contributed by atoms with Crippen LogP contribution >= 0.6 is 34.5 Å². The van der Waals surface area contributed by atoms with E-state index < -0.39 is 5.97 Å². The fraction of sp³-hybridized carbons (Fsp3) is 0.538. The highest BCUT2D eigenvalue weighted by molar-refractivity contribution is 7.13. The molecule has 3 atom stereocenters. The van der Waals surface area contributed by atoms with Crippen LogP contribution in [0.1, 0.15) is 75.4 Å². The summed E-state index contributed by atoms with van der Waals surface area (Å²) < 4.78 is 5.74. The van der Waals surface area contributed by atoms with Gasteiger partial charge in [-0.05, 0) is 61.4 Å². The predicted molar refractivity (Wildman–Crippen MR) is 141 cm³/mol. The molecule has 1 aliphatic rings. The third kappa shape index (κ3) is 11.3. The first-order valence-electron chi connectivity index (χ1n) is 11.6. The SMILES string of the molecule is CC.CC.CC1C(C#N)CCC1COc1cc(Cl)cc(Cl)c1.CCCc1ccc(C(=O)O)s1. The summed E-state index contributed by atoms with van der Waals surface area (Å²) in [7, 11) is 0. The first kappa shape index (κ1) is 31.3. The molecule has 0 spiro atoms. The van der Waals surface area contributed by atoms with E-state index in [-0.39, 0.29) is 5.92 Å². The van der Waals surface area contributed by atoms with Gasteiger partial charge in [0.05, 0.1) is 12.7 Å². The minimum absolute atomic E-state index is 0.168. The Labute approximate surface area is 213 Å². The van der Waals surface area contributed by atoms with Crippen LogP contribution in [0.5, 0.6) is 5.75 Å². The maximum absolute atomic E-state index is 10.4. The summed E-state index contributed by atoms with van der Waals surface area (Å²) in [6, 6.07) is 11.1. The lowest BCUT2D eigenvalue weighted by Crippen LogP contribution is -2.17. The van der Waals surface area contributed by atoms with Gasteiger partial charge < -0.3 is 9.84 Å². The lowest BCUT2D eigenvalue weighted by Gasteiger charge is -2.17. The minimum Gasteiger partial charge on any atom is -0.493 e. The van der Waals surface area contributed by atoms with Gasteiger partial charge in [-0.2, -0.15) is 5.26 Å². The lowest BCUT2D eigenvalue weighted by atomic mass is 9.93. The van der Waals surface area contributed by atoms with Gasteiger partial charge in [-0.15, -0.1) is 11.3 Å². The van der Waals surface area contributed by atoms with Gasteiger partial charge in [0.25, 0.3) is 0 Å². The van der Waals surface area contributed by atoms with Gasteiger partial charge in [-0.25, -0.2) is 4.79 Å². The highest BCUT2D eigenvalue weighted by Crippen LogP contribution is 2.37. The molecule has 3 rings (SSSR count). The maximum Gasteiger partial charge on any atom is 0.345 e. The number of carboxylic acid groups (broad SMARTS) is 1. The first-order valence-corrected chi connectivity index (χ1v) is 13.2. The fourth-order valence-corrected chi connectivity index (χ4v) is 4.81. The number of aryl methyl sites for hydroxylation is 1. The number of nitriles is 1. The molecule has 7 heteroatoms. The Morgan fingerprint density at radius 3 is 2.21 bits per heavy atom. The minimum atomic E-state index is -0.822. The van der Waals surface area contributed by atoms with Crippen LogP contribution in [0.15, 0.2) is 30.3 Å². The molecule has 1 saturated carbocycles. The van der Waals surface area contributed by atoms with Crippen molar-refractivity contribution < 1.29 is 14.6 Å². The van der Waals surface area contributed by atoms with Gasteiger partial charge in [-0.1, -0.05) is 71.2 Å². The van der Waals surface area contributed by atoms with Gasteiger partial charge in [-0.3, -0.25) is 0 Å². The molecular formula is C26H37Cl2NO3S. The Balaban J connectivity index is 0.000000586. The molecular weight excluding hydrogens is 477 g/mol. The summed E-state index contributed by atoms with van der Waals surface area (Å²) in [4.78, 5) is 12.0. The van der Waals surface area contributed by atoms with Crippen molar-refractivity contribution in [2.45, 2.75) is 67.2 Å². The van der Waals surface area contributed by atoms with E-state index in [0.29, 0.717) is 39.1 Å². The topological polar surface area (TPSA) is 70.3 Å². The number of carbonyl (C=O) groups is 1. The molecule has 0 amide bonds. The zero-order valence-electron chi connectivity index (χ0n) is 20.5. The van der Waals surface area contributed by atoms with Gasteiger partial charge in [0.15, 0.2) is 0 Å². The average Bonchev–Trinajstić information content (AvgIpc) is 3.42. The number of thiophene rings is 1. The van der Waals surface area contributed by atoms with Crippen LogP contribution in [0, 0.1) is 29.1 Å². The predicted octanol–water partition coefficient (Wildman–Crippen LogP) is 9.01. The highest BCUT2D eigenvalue weighted by atomic mass is 35.5. The van der Waals surface area contributed by atoms with Gasteiger partial charge in [0, 0.05) is 20.8 Å². The molecule has 0 aliphatic heterocycles. The molecule has 0 radical (unpaired) electrons. The molecule has 184 valence electrons. The standard InChI is InChI=1S/C14H15Cl2NO.C8H10O2S.2C2H6/c1-9-10(7-17)2-3-11(9)8-18-14-5-12(15)4-13(16)6-14;1-2-3-6-4-5-7(11-6)8(9)10;2*1-2/h4-6,9-11H,2-3,8H2,1H3;4-5H,2-3H2,1H3,(H,9,10);2*1-2H3. The van der Waals surface area contributed by atoms with Crippen molar-refractivity contribution in [3.05, 3.63) is 50.1 Å². The molecule has 2 aromatic rings. The summed E-state index contributed by atoms with van der Waals surface area (Å²) in [5, 5.41) is 18.7. The third-order valence-electron chi connectivity index (χ3n) is 5.06. The number of ether oxygens (including phenoxy) is 1. The monoisotopic (exact) mass is 513 g/mol. The van der Waals surface area contributed by atoms with Crippen LogP contribution in [0.4, 0.5) is 0 Å². The van der Waals surface area contributed by atoms with E-state index in [9.17, 15) is 4.79 Å². The van der Waals surface area contributed by atoms with Crippen LogP contribution in [-0.2, 0) is 6.42 Å². The smallest absolute Gasteiger partial charge is 0.345 e. The third-order valence-corrected chi connectivity index (χ3v) is 6.63. The van der Waals surface area contributed by atoms with Crippen LogP contribution in [0.3, 0.4) is 0 Å². The maximum atomic E-state index is 10.4. The molecule has 3 unspecified atom stereocenters. The lowest BCUT2D eigenvalue weighted by molar-refractivity contribution is 0.0702. The Hall–Kier alpha value is -1.74. The number of nitrogens with zero attached hydrogens (tertiary/aromatic N) is 1. The van der Waals surface area contributed by atoms with E-state index in [1.54, 1.807) is 24.3 Å². The molecule has 1 aromatic carbocycles. The van der Waals surface area contributed by atoms with Crippen LogP contribution in [-0.4, -0.2) is 17.7 Å². The van der Waals surface area contributed by atoms with Crippen molar-refractivity contribution >= 4 is 40.5 Å². The largest absolute Gasteiger partial charge is 0.493 e. The molecule has 1 fully saturated rings. The molecule has 1 aliphatic carbocycles. The van der Waals surface area contributed by atoms with Crippen LogP contribution < -0.4 is 4.74 Å². The second kappa shape index (κ2) is 17.7. The summed E-state index contributed by atoms with van der Waals surface area (Å²) in [5.41, 5.74) is 0. The number of carboxylic acids is 1. The Morgan fingerprint density at radius 2 is 1.76 bits per heavy atom. The highest BCUT2D eigenvalue weighted by Gasteiger charge is 2.33. The molecule has 33 heavy (non-hydrogen) atoms. The van der Waals surface area contributed by atoms with Crippen LogP contribution in [0.2, 0.25) is 10.0 Å². The Kier molecular flexibility index (Phi) is 16.8. The van der Waals surface area contributed by atoms with E-state index in [2.05, 4.69) is 19.9 Å². The van der Waals surface area contributed by atoms with Gasteiger partial charge in [0.1, 0.15) is 10.6 Å². The van der Waals surface area contributed by atoms with Crippen LogP contribution in [0.25, 0.3) is 0 Å². The molecule has 1 aromatic heterocycles. The molecule has 4 nitrogen and oxygen atoms in total. The Morgan fingerprint density at radius 1 is 1.15 bits per heavy atom. The summed E-state index contributed by atoms with van der Waals surface area (Å²) in [5.74, 6) is 0.871. The molecule has 1 heterocycles. The van der Waals surface area contributed by atoms with Crippen molar-refractivity contribution in [2.75, 3.05) is 6.61 Å². The summed E-state index contributed by atoms with van der Waals surface area (Å²) in [6.45, 7) is 12.8. The zero-order valence-corrected chi connectivity index (χ0v) is 22.9. The van der Waals surface area contributed by atoms with E-state index in [4.69, 9.17) is 38.3 Å².